The van der Waals surface area contributed by atoms with Gasteiger partial charge in [-0.05, 0) is 64.3 Å². The molecule has 3 nitrogen and oxygen atoms in total. The van der Waals surface area contributed by atoms with Crippen LogP contribution < -0.4 is 5.32 Å². The van der Waals surface area contributed by atoms with Gasteiger partial charge in [-0.15, -0.1) is 0 Å². The number of hydrogen-bond donors (Lipinski definition) is 1. The molecule has 0 saturated carbocycles. The summed E-state index contributed by atoms with van der Waals surface area (Å²) in [7, 11) is 0. The Morgan fingerprint density at radius 2 is 1.78 bits per heavy atom. The molecule has 1 rings (SSSR count). The van der Waals surface area contributed by atoms with Crippen molar-refractivity contribution in [1.82, 2.24) is 0 Å². The number of benzene rings is 1. The Balaban J connectivity index is 3.01. The summed E-state index contributed by atoms with van der Waals surface area (Å²) in [5, 5.41) is 3.41. The van der Waals surface area contributed by atoms with Crippen molar-refractivity contribution in [2.75, 3.05) is 5.32 Å². The molecule has 1 aromatic carbocycles. The molecule has 4 heteroatoms. The van der Waals surface area contributed by atoms with E-state index in [1.165, 1.54) is 0 Å². The van der Waals surface area contributed by atoms with Crippen LogP contribution in [0.2, 0.25) is 5.02 Å². The van der Waals surface area contributed by atoms with Crippen molar-refractivity contribution >= 4 is 23.4 Å². The molecule has 100 valence electrons. The molecule has 0 unspecified atom stereocenters. The Kier molecular flexibility index (Phi) is 4.28. The average Bonchev–Trinajstić information content (AvgIpc) is 2.19. The zero-order chi connectivity index (χ0) is 14.1. The summed E-state index contributed by atoms with van der Waals surface area (Å²) in [5.41, 5.74) is 3.11. The lowest BCUT2D eigenvalue weighted by atomic mass is 10.0. The third kappa shape index (κ3) is 3.64. The van der Waals surface area contributed by atoms with Crippen molar-refractivity contribution in [3.8, 4) is 0 Å². The van der Waals surface area contributed by atoms with Gasteiger partial charge in [0, 0.05) is 5.02 Å². The molecule has 0 aromatic heterocycles. The van der Waals surface area contributed by atoms with Crippen LogP contribution in [0.15, 0.2) is 6.07 Å². The predicted octanol–water partition coefficient (Wildman–Crippen LogP) is 4.61. The molecule has 0 aliphatic heterocycles. The maximum atomic E-state index is 11.8. The van der Waals surface area contributed by atoms with Crippen LogP contribution in [0.5, 0.6) is 0 Å². The molecule has 0 radical (unpaired) electrons. The highest BCUT2D eigenvalue weighted by molar-refractivity contribution is 6.32. The van der Waals surface area contributed by atoms with E-state index in [1.54, 1.807) is 0 Å². The molecule has 0 atom stereocenters. The molecule has 0 saturated heterocycles. The molecule has 18 heavy (non-hydrogen) atoms. The van der Waals surface area contributed by atoms with E-state index in [1.807, 2.05) is 47.6 Å². The molecular formula is C14H20ClNO2. The van der Waals surface area contributed by atoms with Gasteiger partial charge < -0.3 is 4.74 Å². The summed E-state index contributed by atoms with van der Waals surface area (Å²) >= 11 is 6.12. The first-order valence-electron chi connectivity index (χ1n) is 5.88. The number of carbonyl (C=O) groups is 1. The Bertz CT molecular complexity index is 449. The highest BCUT2D eigenvalue weighted by atomic mass is 35.5. The van der Waals surface area contributed by atoms with E-state index in [9.17, 15) is 4.79 Å². The molecule has 0 fully saturated rings. The van der Waals surface area contributed by atoms with Gasteiger partial charge in [0.25, 0.3) is 0 Å². The molecule has 0 spiro atoms. The monoisotopic (exact) mass is 269 g/mol. The predicted molar refractivity (Wildman–Crippen MR) is 75.5 cm³/mol. The lowest BCUT2D eigenvalue weighted by Crippen LogP contribution is -2.27. The number of hydrogen-bond acceptors (Lipinski definition) is 2. The van der Waals surface area contributed by atoms with Crippen molar-refractivity contribution < 1.29 is 9.53 Å². The first-order chi connectivity index (χ1) is 8.11. The Hall–Kier alpha value is -1.22. The minimum atomic E-state index is -0.514. The minimum Gasteiger partial charge on any atom is -0.444 e. The number of amides is 1. The van der Waals surface area contributed by atoms with Crippen LogP contribution in [0.25, 0.3) is 0 Å². The molecule has 1 amide bonds. The third-order valence-corrected chi connectivity index (χ3v) is 3.06. The maximum Gasteiger partial charge on any atom is 0.412 e. The lowest BCUT2D eigenvalue weighted by molar-refractivity contribution is 0.0635. The smallest absolute Gasteiger partial charge is 0.412 e. The first kappa shape index (κ1) is 14.8. The van der Waals surface area contributed by atoms with Crippen LogP contribution in [-0.4, -0.2) is 11.7 Å². The molecule has 0 aliphatic carbocycles. The Morgan fingerprint density at radius 3 is 2.28 bits per heavy atom. The summed E-state index contributed by atoms with van der Waals surface area (Å²) < 4.78 is 5.24. The topological polar surface area (TPSA) is 38.3 Å². The second kappa shape index (κ2) is 5.19. The van der Waals surface area contributed by atoms with Crippen molar-refractivity contribution in [3.63, 3.8) is 0 Å². The van der Waals surface area contributed by atoms with Crippen molar-refractivity contribution in [1.29, 1.82) is 0 Å². The van der Waals surface area contributed by atoms with Gasteiger partial charge in [0.1, 0.15) is 5.60 Å². The third-order valence-electron chi connectivity index (χ3n) is 2.67. The SMILES string of the molecule is Cc1cc(Cl)c(C)c(NC(=O)OC(C)(C)C)c1C. The zero-order valence-electron chi connectivity index (χ0n) is 11.8. The number of nitrogens with one attached hydrogen (secondary N) is 1. The van der Waals surface area contributed by atoms with E-state index >= 15 is 0 Å². The van der Waals surface area contributed by atoms with Crippen molar-refractivity contribution in [2.45, 2.75) is 47.1 Å². The Morgan fingerprint density at radius 1 is 1.22 bits per heavy atom. The van der Waals surface area contributed by atoms with Gasteiger partial charge in [0.2, 0.25) is 0 Å². The van der Waals surface area contributed by atoms with Crippen LogP contribution in [0.4, 0.5) is 10.5 Å². The fourth-order valence-electron chi connectivity index (χ4n) is 1.60. The molecule has 0 aliphatic rings. The van der Waals surface area contributed by atoms with E-state index in [2.05, 4.69) is 5.32 Å². The quantitative estimate of drug-likeness (QED) is 0.808. The van der Waals surface area contributed by atoms with Gasteiger partial charge in [-0.2, -0.15) is 0 Å². The van der Waals surface area contributed by atoms with Gasteiger partial charge in [-0.25, -0.2) is 4.79 Å². The van der Waals surface area contributed by atoms with E-state index in [0.717, 1.165) is 22.4 Å². The van der Waals surface area contributed by atoms with Crippen LogP contribution in [0, 0.1) is 20.8 Å². The highest BCUT2D eigenvalue weighted by Crippen LogP contribution is 2.30. The van der Waals surface area contributed by atoms with E-state index in [-0.39, 0.29) is 0 Å². The number of ether oxygens (including phenoxy) is 1. The molecule has 1 aromatic rings. The zero-order valence-corrected chi connectivity index (χ0v) is 12.5. The largest absolute Gasteiger partial charge is 0.444 e. The summed E-state index contributed by atoms with van der Waals surface area (Å²) in [4.78, 5) is 11.8. The van der Waals surface area contributed by atoms with Crippen LogP contribution >= 0.6 is 11.6 Å². The molecule has 0 heterocycles. The summed E-state index contributed by atoms with van der Waals surface area (Å²) in [6, 6.07) is 1.90. The van der Waals surface area contributed by atoms with Crippen molar-refractivity contribution in [3.05, 3.63) is 27.8 Å². The molecular weight excluding hydrogens is 250 g/mol. The normalized spacial score (nSPS) is 11.3. The van der Waals surface area contributed by atoms with Gasteiger partial charge in [0.05, 0.1) is 5.69 Å². The van der Waals surface area contributed by atoms with Gasteiger partial charge >= 0.3 is 6.09 Å². The average molecular weight is 270 g/mol. The maximum absolute atomic E-state index is 11.8. The number of aryl methyl sites for hydroxylation is 1. The number of rotatable bonds is 1. The fraction of sp³-hybridized carbons (Fsp3) is 0.500. The summed E-state index contributed by atoms with van der Waals surface area (Å²) in [6.45, 7) is 11.3. The van der Waals surface area contributed by atoms with Gasteiger partial charge in [-0.1, -0.05) is 11.6 Å². The van der Waals surface area contributed by atoms with E-state index in [0.29, 0.717) is 5.02 Å². The second-order valence-electron chi connectivity index (χ2n) is 5.43. The lowest BCUT2D eigenvalue weighted by Gasteiger charge is -2.21. The standard InChI is InChI=1S/C14H20ClNO2/c1-8-7-11(15)10(3)12(9(8)2)16-13(17)18-14(4,5)6/h7H,1-6H3,(H,16,17). The van der Waals surface area contributed by atoms with E-state index < -0.39 is 11.7 Å². The van der Waals surface area contributed by atoms with Crippen molar-refractivity contribution in [2.24, 2.45) is 0 Å². The number of halogens is 1. The molecule has 1 N–H and O–H groups in total. The van der Waals surface area contributed by atoms with Crippen LogP contribution in [0.1, 0.15) is 37.5 Å². The Labute approximate surface area is 113 Å². The van der Waals surface area contributed by atoms with Crippen LogP contribution in [-0.2, 0) is 4.74 Å². The summed E-state index contributed by atoms with van der Waals surface area (Å²) in [5.74, 6) is 0. The first-order valence-corrected chi connectivity index (χ1v) is 6.26. The molecule has 0 bridgehead atoms. The number of anilines is 1. The fourth-order valence-corrected chi connectivity index (χ4v) is 1.86. The minimum absolute atomic E-state index is 0.463. The summed E-state index contributed by atoms with van der Waals surface area (Å²) in [6.07, 6.45) is -0.463. The van der Waals surface area contributed by atoms with Gasteiger partial charge in [-0.3, -0.25) is 5.32 Å². The van der Waals surface area contributed by atoms with E-state index in [4.69, 9.17) is 16.3 Å². The number of carbonyl (C=O) groups excluding carboxylic acids is 1. The van der Waals surface area contributed by atoms with Crippen LogP contribution in [0.3, 0.4) is 0 Å². The van der Waals surface area contributed by atoms with Gasteiger partial charge in [0.15, 0.2) is 0 Å². The highest BCUT2D eigenvalue weighted by Gasteiger charge is 2.18. The second-order valence-corrected chi connectivity index (χ2v) is 5.83.